The van der Waals surface area contributed by atoms with Crippen LogP contribution < -0.4 is 10.6 Å². The van der Waals surface area contributed by atoms with Gasteiger partial charge in [-0.2, -0.15) is 0 Å². The average Bonchev–Trinajstić information content (AvgIpc) is 2.53. The van der Waals surface area contributed by atoms with Crippen LogP contribution >= 0.6 is 0 Å². The predicted octanol–water partition coefficient (Wildman–Crippen LogP) is 2.37. The van der Waals surface area contributed by atoms with Gasteiger partial charge in [0.2, 0.25) is 0 Å². The quantitative estimate of drug-likeness (QED) is 0.765. The zero-order valence-electron chi connectivity index (χ0n) is 12.8. The van der Waals surface area contributed by atoms with Crippen LogP contribution in [0.1, 0.15) is 35.8 Å². The molecule has 0 aliphatic carbocycles. The zero-order valence-corrected chi connectivity index (χ0v) is 12.8. The van der Waals surface area contributed by atoms with Crippen LogP contribution in [0.2, 0.25) is 0 Å². The number of hydrogen-bond donors (Lipinski definition) is 3. The maximum absolute atomic E-state index is 12.2. The number of aliphatic hydroxyl groups is 1. The lowest BCUT2D eigenvalue weighted by Crippen LogP contribution is -2.30. The summed E-state index contributed by atoms with van der Waals surface area (Å²) >= 11 is 0. The molecule has 0 saturated carbocycles. The van der Waals surface area contributed by atoms with Gasteiger partial charge in [-0.15, -0.1) is 0 Å². The van der Waals surface area contributed by atoms with Gasteiger partial charge < -0.3 is 15.7 Å². The van der Waals surface area contributed by atoms with Crippen molar-refractivity contribution in [2.75, 3.05) is 11.9 Å². The van der Waals surface area contributed by atoms with Crippen molar-refractivity contribution in [1.29, 1.82) is 0 Å². The first kappa shape index (κ1) is 16.0. The second kappa shape index (κ2) is 7.56. The Kier molecular flexibility index (Phi) is 5.49. The van der Waals surface area contributed by atoms with Crippen molar-refractivity contribution in [3.05, 3.63) is 59.8 Å². The second-order valence-corrected chi connectivity index (χ2v) is 5.35. The van der Waals surface area contributed by atoms with Crippen molar-refractivity contribution in [2.24, 2.45) is 0 Å². The molecular weight excluding hydrogens is 278 g/mol. The SMILES string of the molecule is CC(C)Nc1ccc(C(=O)NC(CO)c2ccccc2)cn1. The molecule has 2 rings (SSSR count). The number of hydrogen-bond acceptors (Lipinski definition) is 4. The molecule has 2 aromatic rings. The largest absolute Gasteiger partial charge is 0.394 e. The van der Waals surface area contributed by atoms with E-state index >= 15 is 0 Å². The highest BCUT2D eigenvalue weighted by Crippen LogP contribution is 2.13. The molecule has 0 radical (unpaired) electrons. The van der Waals surface area contributed by atoms with Gasteiger partial charge in [-0.1, -0.05) is 30.3 Å². The molecule has 1 unspecified atom stereocenters. The summed E-state index contributed by atoms with van der Waals surface area (Å²) in [5.41, 5.74) is 1.33. The first-order valence-electron chi connectivity index (χ1n) is 7.29. The molecule has 1 aromatic carbocycles. The molecular formula is C17H21N3O2. The second-order valence-electron chi connectivity index (χ2n) is 5.35. The van der Waals surface area contributed by atoms with Crippen LogP contribution in [0.3, 0.4) is 0 Å². The van der Waals surface area contributed by atoms with E-state index in [2.05, 4.69) is 15.6 Å². The number of nitrogens with zero attached hydrogens (tertiary/aromatic N) is 1. The summed E-state index contributed by atoms with van der Waals surface area (Å²) < 4.78 is 0. The molecule has 1 heterocycles. The first-order chi connectivity index (χ1) is 10.6. The average molecular weight is 299 g/mol. The van der Waals surface area contributed by atoms with Gasteiger partial charge in [0.05, 0.1) is 18.2 Å². The summed E-state index contributed by atoms with van der Waals surface area (Å²) in [6, 6.07) is 12.7. The number of anilines is 1. The van der Waals surface area contributed by atoms with Crippen LogP contribution in [-0.2, 0) is 0 Å². The topological polar surface area (TPSA) is 74.2 Å². The lowest BCUT2D eigenvalue weighted by atomic mass is 10.1. The molecule has 0 aliphatic heterocycles. The number of benzene rings is 1. The van der Waals surface area contributed by atoms with Gasteiger partial charge in [0.25, 0.3) is 5.91 Å². The van der Waals surface area contributed by atoms with E-state index < -0.39 is 6.04 Å². The number of amides is 1. The third kappa shape index (κ3) is 4.30. The van der Waals surface area contributed by atoms with E-state index in [1.807, 2.05) is 44.2 Å². The van der Waals surface area contributed by atoms with E-state index in [1.54, 1.807) is 12.1 Å². The number of carbonyl (C=O) groups excluding carboxylic acids is 1. The highest BCUT2D eigenvalue weighted by molar-refractivity contribution is 5.94. The Morgan fingerprint density at radius 2 is 1.91 bits per heavy atom. The van der Waals surface area contributed by atoms with E-state index in [9.17, 15) is 9.90 Å². The van der Waals surface area contributed by atoms with Crippen LogP contribution in [0, 0.1) is 0 Å². The molecule has 0 aliphatic rings. The van der Waals surface area contributed by atoms with E-state index in [-0.39, 0.29) is 18.6 Å². The van der Waals surface area contributed by atoms with Gasteiger partial charge in [0.1, 0.15) is 5.82 Å². The van der Waals surface area contributed by atoms with E-state index in [1.165, 1.54) is 6.20 Å². The van der Waals surface area contributed by atoms with Crippen LogP contribution in [0.25, 0.3) is 0 Å². The van der Waals surface area contributed by atoms with Crippen LogP contribution in [0.15, 0.2) is 48.7 Å². The number of aliphatic hydroxyl groups excluding tert-OH is 1. The van der Waals surface area contributed by atoms with Gasteiger partial charge in [0, 0.05) is 12.2 Å². The maximum Gasteiger partial charge on any atom is 0.253 e. The van der Waals surface area contributed by atoms with Crippen molar-refractivity contribution in [3.8, 4) is 0 Å². The molecule has 116 valence electrons. The van der Waals surface area contributed by atoms with Gasteiger partial charge in [0.15, 0.2) is 0 Å². The molecule has 0 spiro atoms. The fourth-order valence-corrected chi connectivity index (χ4v) is 2.07. The van der Waals surface area contributed by atoms with E-state index in [0.29, 0.717) is 5.56 Å². The smallest absolute Gasteiger partial charge is 0.253 e. The Morgan fingerprint density at radius 3 is 2.45 bits per heavy atom. The van der Waals surface area contributed by atoms with Crippen LogP contribution in [-0.4, -0.2) is 28.6 Å². The molecule has 22 heavy (non-hydrogen) atoms. The molecule has 1 atom stereocenters. The summed E-state index contributed by atoms with van der Waals surface area (Å²) in [5, 5.41) is 15.5. The Balaban J connectivity index is 2.04. The van der Waals surface area contributed by atoms with Crippen molar-refractivity contribution in [3.63, 3.8) is 0 Å². The standard InChI is InChI=1S/C17H21N3O2/c1-12(2)19-16-9-8-14(10-18-16)17(22)20-15(11-21)13-6-4-3-5-7-13/h3-10,12,15,21H,11H2,1-2H3,(H,18,19)(H,20,22). The zero-order chi connectivity index (χ0) is 15.9. The summed E-state index contributed by atoms with van der Waals surface area (Å²) in [4.78, 5) is 16.4. The molecule has 3 N–H and O–H groups in total. The Bertz CT molecular complexity index is 597. The summed E-state index contributed by atoms with van der Waals surface area (Å²) in [5.74, 6) is 0.472. The summed E-state index contributed by atoms with van der Waals surface area (Å²) in [6.45, 7) is 3.89. The number of pyridine rings is 1. The Hall–Kier alpha value is -2.40. The minimum Gasteiger partial charge on any atom is -0.394 e. The van der Waals surface area contributed by atoms with Crippen molar-refractivity contribution >= 4 is 11.7 Å². The van der Waals surface area contributed by atoms with Gasteiger partial charge in [-0.3, -0.25) is 4.79 Å². The third-order valence-electron chi connectivity index (χ3n) is 3.15. The van der Waals surface area contributed by atoms with Crippen molar-refractivity contribution < 1.29 is 9.90 Å². The molecule has 0 fully saturated rings. The monoisotopic (exact) mass is 299 g/mol. The molecule has 5 heteroatoms. The highest BCUT2D eigenvalue weighted by Gasteiger charge is 2.15. The Labute approximate surface area is 130 Å². The van der Waals surface area contributed by atoms with Crippen LogP contribution in [0.5, 0.6) is 0 Å². The number of nitrogens with one attached hydrogen (secondary N) is 2. The molecule has 5 nitrogen and oxygen atoms in total. The van der Waals surface area contributed by atoms with Gasteiger partial charge >= 0.3 is 0 Å². The Morgan fingerprint density at radius 1 is 1.18 bits per heavy atom. The summed E-state index contributed by atoms with van der Waals surface area (Å²) in [7, 11) is 0. The van der Waals surface area contributed by atoms with Crippen LogP contribution in [0.4, 0.5) is 5.82 Å². The number of carbonyl (C=O) groups is 1. The highest BCUT2D eigenvalue weighted by atomic mass is 16.3. The molecule has 0 saturated heterocycles. The molecule has 1 amide bonds. The van der Waals surface area contributed by atoms with Gasteiger partial charge in [-0.25, -0.2) is 4.98 Å². The predicted molar refractivity (Wildman–Crippen MR) is 86.7 cm³/mol. The molecule has 1 aromatic heterocycles. The normalized spacial score (nSPS) is 12.0. The number of aromatic nitrogens is 1. The maximum atomic E-state index is 12.2. The lowest BCUT2D eigenvalue weighted by Gasteiger charge is -2.17. The lowest BCUT2D eigenvalue weighted by molar-refractivity contribution is 0.0916. The molecule has 0 bridgehead atoms. The van der Waals surface area contributed by atoms with E-state index in [0.717, 1.165) is 11.4 Å². The third-order valence-corrected chi connectivity index (χ3v) is 3.15. The number of rotatable bonds is 6. The fourth-order valence-electron chi connectivity index (χ4n) is 2.07. The van der Waals surface area contributed by atoms with Crippen molar-refractivity contribution in [2.45, 2.75) is 25.9 Å². The summed E-state index contributed by atoms with van der Waals surface area (Å²) in [6.07, 6.45) is 1.53. The minimum absolute atomic E-state index is 0.157. The van der Waals surface area contributed by atoms with E-state index in [4.69, 9.17) is 0 Å². The van der Waals surface area contributed by atoms with Crippen molar-refractivity contribution in [1.82, 2.24) is 10.3 Å². The van der Waals surface area contributed by atoms with Gasteiger partial charge in [-0.05, 0) is 31.5 Å². The fraction of sp³-hybridized carbons (Fsp3) is 0.294. The first-order valence-corrected chi connectivity index (χ1v) is 7.29. The minimum atomic E-state index is -0.429.